The zero-order valence-electron chi connectivity index (χ0n) is 9.89. The van der Waals surface area contributed by atoms with E-state index in [0.29, 0.717) is 13.2 Å². The molecule has 0 N–H and O–H groups in total. The second-order valence-electron chi connectivity index (χ2n) is 3.67. The van der Waals surface area contributed by atoms with Crippen LogP contribution >= 0.6 is 0 Å². The second-order valence-corrected chi connectivity index (χ2v) is 3.67. The van der Waals surface area contributed by atoms with Crippen molar-refractivity contribution >= 4 is 10.8 Å². The molecular weight excluding hydrogens is 216 g/mol. The molecule has 0 aliphatic carbocycles. The van der Waals surface area contributed by atoms with Gasteiger partial charge in [-0.1, -0.05) is 30.3 Å². The van der Waals surface area contributed by atoms with Gasteiger partial charge in [-0.25, -0.2) is 0 Å². The maximum absolute atomic E-state index is 5.48. The molecule has 0 unspecified atom stereocenters. The van der Waals surface area contributed by atoms with Gasteiger partial charge in [0, 0.05) is 7.11 Å². The van der Waals surface area contributed by atoms with E-state index in [1.54, 1.807) is 7.11 Å². The quantitative estimate of drug-likeness (QED) is 0.566. The van der Waals surface area contributed by atoms with Gasteiger partial charge in [-0.2, -0.15) is 0 Å². The van der Waals surface area contributed by atoms with Gasteiger partial charge in [-0.05, 0) is 22.9 Å². The Morgan fingerprint density at radius 3 is 2.59 bits per heavy atom. The number of hydrogen-bond acceptors (Lipinski definition) is 3. The van der Waals surface area contributed by atoms with Gasteiger partial charge in [0.2, 0.25) is 0 Å². The molecule has 0 amide bonds. The van der Waals surface area contributed by atoms with Gasteiger partial charge in [-0.15, -0.1) is 0 Å². The summed E-state index contributed by atoms with van der Waals surface area (Å²) >= 11 is 0. The third-order valence-electron chi connectivity index (χ3n) is 2.46. The molecule has 0 saturated carbocycles. The predicted octanol–water partition coefficient (Wildman–Crippen LogP) is 2.84. The lowest BCUT2D eigenvalue weighted by molar-refractivity contribution is -0.00841. The van der Waals surface area contributed by atoms with Crippen LogP contribution in [-0.2, 0) is 9.47 Å². The fourth-order valence-corrected chi connectivity index (χ4v) is 1.57. The highest BCUT2D eigenvalue weighted by Crippen LogP contribution is 2.20. The van der Waals surface area contributed by atoms with E-state index in [-0.39, 0.29) is 6.79 Å². The molecule has 0 radical (unpaired) electrons. The molecule has 0 spiro atoms. The molecule has 0 bridgehead atoms. The van der Waals surface area contributed by atoms with E-state index in [4.69, 9.17) is 14.2 Å². The smallest absolute Gasteiger partial charge is 0.189 e. The van der Waals surface area contributed by atoms with Gasteiger partial charge in [-0.3, -0.25) is 0 Å². The molecule has 0 aromatic heterocycles. The Morgan fingerprint density at radius 1 is 0.941 bits per heavy atom. The number of rotatable bonds is 6. The Labute approximate surface area is 101 Å². The second kappa shape index (κ2) is 6.23. The summed E-state index contributed by atoms with van der Waals surface area (Å²) in [6, 6.07) is 14.2. The third-order valence-corrected chi connectivity index (χ3v) is 2.46. The van der Waals surface area contributed by atoms with Crippen molar-refractivity contribution in [2.75, 3.05) is 27.1 Å². The Kier molecular flexibility index (Phi) is 4.36. The topological polar surface area (TPSA) is 27.7 Å². The molecule has 0 fully saturated rings. The maximum atomic E-state index is 5.48. The lowest BCUT2D eigenvalue weighted by Gasteiger charge is -2.07. The molecule has 0 aliphatic rings. The first kappa shape index (κ1) is 11.9. The number of hydrogen-bond donors (Lipinski definition) is 0. The van der Waals surface area contributed by atoms with Gasteiger partial charge in [0.05, 0.1) is 13.2 Å². The fraction of sp³-hybridized carbons (Fsp3) is 0.286. The zero-order chi connectivity index (χ0) is 11.9. The Hall–Kier alpha value is -1.58. The first-order valence-electron chi connectivity index (χ1n) is 5.58. The highest BCUT2D eigenvalue weighted by Gasteiger charge is 1.96. The molecule has 0 heterocycles. The molecule has 0 aliphatic heterocycles. The molecule has 90 valence electrons. The molecule has 2 rings (SSSR count). The lowest BCUT2D eigenvalue weighted by atomic mass is 10.1. The highest BCUT2D eigenvalue weighted by molar-refractivity contribution is 5.83. The molecule has 17 heavy (non-hydrogen) atoms. The normalized spacial score (nSPS) is 10.6. The summed E-state index contributed by atoms with van der Waals surface area (Å²) < 4.78 is 15.6. The van der Waals surface area contributed by atoms with E-state index >= 15 is 0 Å². The van der Waals surface area contributed by atoms with Gasteiger partial charge < -0.3 is 14.2 Å². The largest absolute Gasteiger partial charge is 0.468 e. The van der Waals surface area contributed by atoms with Crippen molar-refractivity contribution < 1.29 is 14.2 Å². The minimum Gasteiger partial charge on any atom is -0.468 e. The van der Waals surface area contributed by atoms with E-state index in [0.717, 1.165) is 5.75 Å². The average Bonchev–Trinajstić information content (AvgIpc) is 2.38. The summed E-state index contributed by atoms with van der Waals surface area (Å²) in [5.41, 5.74) is 0. The van der Waals surface area contributed by atoms with Crippen LogP contribution in [0.1, 0.15) is 0 Å². The van der Waals surface area contributed by atoms with Gasteiger partial charge >= 0.3 is 0 Å². The van der Waals surface area contributed by atoms with Crippen LogP contribution in [0.3, 0.4) is 0 Å². The van der Waals surface area contributed by atoms with Crippen LogP contribution in [0.15, 0.2) is 42.5 Å². The van der Waals surface area contributed by atoms with Crippen molar-refractivity contribution in [3.63, 3.8) is 0 Å². The van der Waals surface area contributed by atoms with Crippen molar-refractivity contribution in [2.24, 2.45) is 0 Å². The molecule has 3 heteroatoms. The number of methoxy groups -OCH3 is 1. The van der Waals surface area contributed by atoms with Crippen LogP contribution < -0.4 is 4.74 Å². The summed E-state index contributed by atoms with van der Waals surface area (Å²) in [7, 11) is 1.65. The molecule has 0 atom stereocenters. The SMILES string of the molecule is COCCOCOc1ccc2ccccc2c1. The van der Waals surface area contributed by atoms with Crippen LogP contribution in [0.4, 0.5) is 0 Å². The predicted molar refractivity (Wildman–Crippen MR) is 67.3 cm³/mol. The number of ether oxygens (including phenoxy) is 3. The van der Waals surface area contributed by atoms with Crippen LogP contribution in [-0.4, -0.2) is 27.1 Å². The Morgan fingerprint density at radius 2 is 1.76 bits per heavy atom. The fourth-order valence-electron chi connectivity index (χ4n) is 1.57. The molecular formula is C14H16O3. The molecule has 2 aromatic rings. The average molecular weight is 232 g/mol. The van der Waals surface area contributed by atoms with Gasteiger partial charge in [0.1, 0.15) is 5.75 Å². The van der Waals surface area contributed by atoms with E-state index in [1.807, 2.05) is 30.3 Å². The summed E-state index contributed by atoms with van der Waals surface area (Å²) in [6.07, 6.45) is 0. The minimum absolute atomic E-state index is 0.252. The Bertz CT molecular complexity index is 468. The van der Waals surface area contributed by atoms with Crippen molar-refractivity contribution in [1.82, 2.24) is 0 Å². The van der Waals surface area contributed by atoms with E-state index in [1.165, 1.54) is 10.8 Å². The standard InChI is InChI=1S/C14H16O3/c1-15-8-9-16-11-17-14-7-6-12-4-2-3-5-13(12)10-14/h2-7,10H,8-9,11H2,1H3. The van der Waals surface area contributed by atoms with E-state index in [2.05, 4.69) is 12.1 Å². The number of benzene rings is 2. The first-order valence-corrected chi connectivity index (χ1v) is 5.58. The monoisotopic (exact) mass is 232 g/mol. The van der Waals surface area contributed by atoms with Crippen LogP contribution in [0.5, 0.6) is 5.75 Å². The summed E-state index contributed by atoms with van der Waals surface area (Å²) in [5, 5.41) is 2.38. The van der Waals surface area contributed by atoms with E-state index in [9.17, 15) is 0 Å². The van der Waals surface area contributed by atoms with Crippen molar-refractivity contribution in [2.45, 2.75) is 0 Å². The van der Waals surface area contributed by atoms with Crippen LogP contribution in [0.2, 0.25) is 0 Å². The lowest BCUT2D eigenvalue weighted by Crippen LogP contribution is -2.07. The summed E-state index contributed by atoms with van der Waals surface area (Å²) in [5.74, 6) is 0.820. The minimum atomic E-state index is 0.252. The van der Waals surface area contributed by atoms with E-state index < -0.39 is 0 Å². The summed E-state index contributed by atoms with van der Waals surface area (Å²) in [6.45, 7) is 1.38. The van der Waals surface area contributed by atoms with Gasteiger partial charge in [0.25, 0.3) is 0 Å². The number of fused-ring (bicyclic) bond motifs is 1. The van der Waals surface area contributed by atoms with Gasteiger partial charge in [0.15, 0.2) is 6.79 Å². The molecule has 3 nitrogen and oxygen atoms in total. The molecule has 2 aromatic carbocycles. The zero-order valence-corrected chi connectivity index (χ0v) is 9.89. The van der Waals surface area contributed by atoms with Crippen molar-refractivity contribution in [3.05, 3.63) is 42.5 Å². The van der Waals surface area contributed by atoms with Crippen LogP contribution in [0.25, 0.3) is 10.8 Å². The first-order chi connectivity index (χ1) is 8.40. The molecule has 0 saturated heterocycles. The van der Waals surface area contributed by atoms with Crippen molar-refractivity contribution in [3.8, 4) is 5.75 Å². The third kappa shape index (κ3) is 3.44. The maximum Gasteiger partial charge on any atom is 0.189 e. The Balaban J connectivity index is 1.90. The van der Waals surface area contributed by atoms with Crippen molar-refractivity contribution in [1.29, 1.82) is 0 Å². The summed E-state index contributed by atoms with van der Waals surface area (Å²) in [4.78, 5) is 0. The van der Waals surface area contributed by atoms with Crippen LogP contribution in [0, 0.1) is 0 Å². The highest BCUT2D eigenvalue weighted by atomic mass is 16.7.